The SMILES string of the molecule is Cc1ccc(C)c(NC(=O)CNC(C)c2ccccc2F)c1. The van der Waals surface area contributed by atoms with Crippen molar-refractivity contribution in [2.45, 2.75) is 26.8 Å². The van der Waals surface area contributed by atoms with Crippen molar-refractivity contribution in [2.75, 3.05) is 11.9 Å². The maximum absolute atomic E-state index is 13.7. The molecule has 0 saturated heterocycles. The van der Waals surface area contributed by atoms with Gasteiger partial charge in [-0.1, -0.05) is 30.3 Å². The second-order valence-corrected chi connectivity index (χ2v) is 5.49. The Labute approximate surface area is 130 Å². The second kappa shape index (κ2) is 7.18. The van der Waals surface area contributed by atoms with Crippen LogP contribution >= 0.6 is 0 Å². The first-order valence-electron chi connectivity index (χ1n) is 7.32. The number of amides is 1. The zero-order valence-corrected chi connectivity index (χ0v) is 13.1. The van der Waals surface area contributed by atoms with E-state index in [2.05, 4.69) is 10.6 Å². The van der Waals surface area contributed by atoms with Gasteiger partial charge in [-0.05, 0) is 44.0 Å². The monoisotopic (exact) mass is 300 g/mol. The summed E-state index contributed by atoms with van der Waals surface area (Å²) in [7, 11) is 0. The molecule has 1 unspecified atom stereocenters. The number of rotatable bonds is 5. The number of carbonyl (C=O) groups excluding carboxylic acids is 1. The van der Waals surface area contributed by atoms with Gasteiger partial charge >= 0.3 is 0 Å². The van der Waals surface area contributed by atoms with Gasteiger partial charge in [0, 0.05) is 17.3 Å². The molecule has 0 aliphatic heterocycles. The molecule has 0 aliphatic carbocycles. The van der Waals surface area contributed by atoms with E-state index < -0.39 is 0 Å². The lowest BCUT2D eigenvalue weighted by molar-refractivity contribution is -0.115. The second-order valence-electron chi connectivity index (χ2n) is 5.49. The molecule has 116 valence electrons. The minimum Gasteiger partial charge on any atom is -0.325 e. The van der Waals surface area contributed by atoms with Gasteiger partial charge in [0.05, 0.1) is 6.54 Å². The number of aryl methyl sites for hydroxylation is 2. The van der Waals surface area contributed by atoms with E-state index in [0.717, 1.165) is 16.8 Å². The van der Waals surface area contributed by atoms with Crippen LogP contribution in [0.4, 0.5) is 10.1 Å². The molecular formula is C18H21FN2O. The lowest BCUT2D eigenvalue weighted by Crippen LogP contribution is -2.30. The van der Waals surface area contributed by atoms with Crippen molar-refractivity contribution in [3.63, 3.8) is 0 Å². The first-order valence-corrected chi connectivity index (χ1v) is 7.32. The normalized spacial score (nSPS) is 12.0. The van der Waals surface area contributed by atoms with Crippen molar-refractivity contribution >= 4 is 11.6 Å². The van der Waals surface area contributed by atoms with E-state index >= 15 is 0 Å². The molecule has 0 heterocycles. The lowest BCUT2D eigenvalue weighted by atomic mass is 10.1. The number of halogens is 1. The highest BCUT2D eigenvalue weighted by molar-refractivity contribution is 5.93. The maximum Gasteiger partial charge on any atom is 0.238 e. The van der Waals surface area contributed by atoms with E-state index in [-0.39, 0.29) is 24.3 Å². The summed E-state index contributed by atoms with van der Waals surface area (Å²) in [5, 5.41) is 5.92. The zero-order valence-electron chi connectivity index (χ0n) is 13.1. The summed E-state index contributed by atoms with van der Waals surface area (Å²) in [5.74, 6) is -0.408. The van der Waals surface area contributed by atoms with Gasteiger partial charge in [0.15, 0.2) is 0 Å². The maximum atomic E-state index is 13.7. The molecule has 0 bridgehead atoms. The topological polar surface area (TPSA) is 41.1 Å². The average molecular weight is 300 g/mol. The predicted octanol–water partition coefficient (Wildman–Crippen LogP) is 3.73. The first kappa shape index (κ1) is 16.2. The van der Waals surface area contributed by atoms with Gasteiger partial charge in [-0.2, -0.15) is 0 Å². The molecule has 3 nitrogen and oxygen atoms in total. The minimum atomic E-state index is -0.266. The molecule has 1 atom stereocenters. The third-order valence-corrected chi connectivity index (χ3v) is 3.61. The number of benzene rings is 2. The largest absolute Gasteiger partial charge is 0.325 e. The van der Waals surface area contributed by atoms with Gasteiger partial charge in [-0.3, -0.25) is 4.79 Å². The fraction of sp³-hybridized carbons (Fsp3) is 0.278. The Balaban J connectivity index is 1.93. The van der Waals surface area contributed by atoms with Crippen molar-refractivity contribution < 1.29 is 9.18 Å². The molecule has 4 heteroatoms. The quantitative estimate of drug-likeness (QED) is 0.883. The highest BCUT2D eigenvalue weighted by atomic mass is 19.1. The fourth-order valence-electron chi connectivity index (χ4n) is 2.25. The minimum absolute atomic E-state index is 0.128. The molecule has 0 radical (unpaired) electrons. The Bertz CT molecular complexity index is 670. The fourth-order valence-corrected chi connectivity index (χ4v) is 2.25. The van der Waals surface area contributed by atoms with Gasteiger partial charge in [-0.25, -0.2) is 4.39 Å². The molecule has 0 aromatic heterocycles. The van der Waals surface area contributed by atoms with Crippen LogP contribution in [0.15, 0.2) is 42.5 Å². The summed E-state index contributed by atoms with van der Waals surface area (Å²) >= 11 is 0. The Morgan fingerprint density at radius 1 is 1.18 bits per heavy atom. The Kier molecular flexibility index (Phi) is 5.28. The van der Waals surface area contributed by atoms with Crippen LogP contribution in [0.1, 0.15) is 29.7 Å². The first-order chi connectivity index (χ1) is 10.5. The van der Waals surface area contributed by atoms with Gasteiger partial charge in [0.2, 0.25) is 5.91 Å². The lowest BCUT2D eigenvalue weighted by Gasteiger charge is -2.15. The van der Waals surface area contributed by atoms with Crippen molar-refractivity contribution in [1.29, 1.82) is 0 Å². The number of hydrogen-bond donors (Lipinski definition) is 2. The number of nitrogens with one attached hydrogen (secondary N) is 2. The van der Waals surface area contributed by atoms with E-state index in [9.17, 15) is 9.18 Å². The van der Waals surface area contributed by atoms with E-state index in [4.69, 9.17) is 0 Å². The van der Waals surface area contributed by atoms with Crippen LogP contribution in [0.3, 0.4) is 0 Å². The van der Waals surface area contributed by atoms with Crippen LogP contribution < -0.4 is 10.6 Å². The molecule has 0 saturated carbocycles. The summed E-state index contributed by atoms with van der Waals surface area (Å²) in [6.45, 7) is 5.89. The number of hydrogen-bond acceptors (Lipinski definition) is 2. The summed E-state index contributed by atoms with van der Waals surface area (Å²) in [5.41, 5.74) is 3.47. The van der Waals surface area contributed by atoms with E-state index in [1.165, 1.54) is 6.07 Å². The highest BCUT2D eigenvalue weighted by Crippen LogP contribution is 2.17. The Morgan fingerprint density at radius 2 is 1.91 bits per heavy atom. The van der Waals surface area contributed by atoms with Crippen LogP contribution in [0.25, 0.3) is 0 Å². The van der Waals surface area contributed by atoms with Gasteiger partial charge in [0.25, 0.3) is 0 Å². The molecule has 22 heavy (non-hydrogen) atoms. The third kappa shape index (κ3) is 4.15. The van der Waals surface area contributed by atoms with E-state index in [1.54, 1.807) is 18.2 Å². The van der Waals surface area contributed by atoms with Crippen LogP contribution in [0, 0.1) is 19.7 Å². The molecule has 2 rings (SSSR count). The summed E-state index contributed by atoms with van der Waals surface area (Å²) in [6, 6.07) is 12.3. The van der Waals surface area contributed by atoms with Crippen LogP contribution in [0.2, 0.25) is 0 Å². The van der Waals surface area contributed by atoms with Crippen molar-refractivity contribution in [3.8, 4) is 0 Å². The molecule has 0 fully saturated rings. The Hall–Kier alpha value is -2.20. The molecular weight excluding hydrogens is 279 g/mol. The van der Waals surface area contributed by atoms with Crippen molar-refractivity contribution in [3.05, 3.63) is 65.0 Å². The van der Waals surface area contributed by atoms with Crippen LogP contribution in [0.5, 0.6) is 0 Å². The number of anilines is 1. The number of carbonyl (C=O) groups is 1. The van der Waals surface area contributed by atoms with Crippen molar-refractivity contribution in [2.24, 2.45) is 0 Å². The predicted molar refractivity (Wildman–Crippen MR) is 87.4 cm³/mol. The molecule has 0 aliphatic rings. The molecule has 2 aromatic rings. The van der Waals surface area contributed by atoms with Crippen molar-refractivity contribution in [1.82, 2.24) is 5.32 Å². The smallest absolute Gasteiger partial charge is 0.238 e. The highest BCUT2D eigenvalue weighted by Gasteiger charge is 2.12. The average Bonchev–Trinajstić information content (AvgIpc) is 2.49. The molecule has 2 N–H and O–H groups in total. The van der Waals surface area contributed by atoms with Gasteiger partial charge < -0.3 is 10.6 Å². The van der Waals surface area contributed by atoms with E-state index in [1.807, 2.05) is 39.0 Å². The standard InChI is InChI=1S/C18H21FN2O/c1-12-8-9-13(2)17(10-12)21-18(22)11-20-14(3)15-6-4-5-7-16(15)19/h4-10,14,20H,11H2,1-3H3,(H,21,22). The summed E-state index contributed by atoms with van der Waals surface area (Å²) < 4.78 is 13.7. The zero-order chi connectivity index (χ0) is 16.1. The van der Waals surface area contributed by atoms with Crippen LogP contribution in [-0.2, 0) is 4.79 Å². The van der Waals surface area contributed by atoms with E-state index in [0.29, 0.717) is 5.56 Å². The third-order valence-electron chi connectivity index (χ3n) is 3.61. The Morgan fingerprint density at radius 3 is 2.64 bits per heavy atom. The van der Waals surface area contributed by atoms with Crippen LogP contribution in [-0.4, -0.2) is 12.5 Å². The van der Waals surface area contributed by atoms with Gasteiger partial charge in [0.1, 0.15) is 5.82 Å². The summed E-state index contributed by atoms with van der Waals surface area (Å²) in [6.07, 6.45) is 0. The molecule has 2 aromatic carbocycles. The molecule has 0 spiro atoms. The summed E-state index contributed by atoms with van der Waals surface area (Å²) in [4.78, 5) is 12.0. The van der Waals surface area contributed by atoms with Gasteiger partial charge in [-0.15, -0.1) is 0 Å². The molecule has 1 amide bonds.